The fraction of sp³-hybridized carbons (Fsp3) is 0.886. The van der Waals surface area contributed by atoms with Gasteiger partial charge in [0.05, 0.1) is 19.3 Å². The van der Waals surface area contributed by atoms with Crippen LogP contribution in [0, 0.1) is 46.3 Å². The first-order chi connectivity index (χ1) is 21.4. The van der Waals surface area contributed by atoms with Crippen LogP contribution in [0.1, 0.15) is 112 Å². The number of nitrogens with one attached hydrogen (secondary N) is 2. The van der Waals surface area contributed by atoms with Crippen LogP contribution in [-0.4, -0.2) is 76.3 Å². The number of carbonyl (C=O) groups is 4. The molecule has 0 bridgehead atoms. The molecule has 11 nitrogen and oxygen atoms in total. The molecule has 0 aromatic heterocycles. The highest BCUT2D eigenvalue weighted by Gasteiger charge is 2.65. The molecule has 0 heterocycles. The molecule has 11 heteroatoms. The minimum absolute atomic E-state index is 0.0584. The van der Waals surface area contributed by atoms with Crippen LogP contribution >= 0.6 is 0 Å². The van der Waals surface area contributed by atoms with E-state index in [1.54, 1.807) is 20.8 Å². The minimum atomic E-state index is -1.06. The number of amides is 2. The van der Waals surface area contributed by atoms with E-state index < -0.39 is 41.8 Å². The van der Waals surface area contributed by atoms with Gasteiger partial charge in [0.1, 0.15) is 11.6 Å². The number of carbonyl (C=O) groups excluding carboxylic acids is 3. The van der Waals surface area contributed by atoms with Gasteiger partial charge in [-0.05, 0) is 125 Å². The van der Waals surface area contributed by atoms with Crippen molar-refractivity contribution in [1.82, 2.24) is 10.6 Å². The van der Waals surface area contributed by atoms with Crippen LogP contribution in [0.4, 0.5) is 4.79 Å². The van der Waals surface area contributed by atoms with E-state index in [4.69, 9.17) is 9.47 Å². The quantitative estimate of drug-likeness (QED) is 0.215. The molecular weight excluding hydrogens is 592 g/mol. The molecule has 4 saturated carbocycles. The van der Waals surface area contributed by atoms with Gasteiger partial charge in [0.25, 0.3) is 0 Å². The zero-order valence-electron chi connectivity index (χ0n) is 28.8. The summed E-state index contributed by atoms with van der Waals surface area (Å²) in [6, 6.07) is -1.22. The van der Waals surface area contributed by atoms with E-state index in [1.807, 2.05) is 0 Å². The second-order valence-electron chi connectivity index (χ2n) is 16.3. The number of hydrogen-bond donors (Lipinski definition) is 5. The van der Waals surface area contributed by atoms with Crippen LogP contribution in [0.15, 0.2) is 0 Å². The summed E-state index contributed by atoms with van der Waals surface area (Å²) in [5.41, 5.74) is -1.19. The molecule has 262 valence electrons. The Morgan fingerprint density at radius 2 is 1.65 bits per heavy atom. The second-order valence-corrected chi connectivity index (χ2v) is 16.3. The maximum Gasteiger partial charge on any atom is 0.408 e. The predicted octanol–water partition coefficient (Wildman–Crippen LogP) is 4.42. The number of esters is 1. The Balaban J connectivity index is 1.44. The molecule has 4 aliphatic carbocycles. The Morgan fingerprint density at radius 3 is 2.28 bits per heavy atom. The molecule has 0 aliphatic heterocycles. The molecule has 0 saturated heterocycles. The van der Waals surface area contributed by atoms with Crippen molar-refractivity contribution in [3.8, 4) is 0 Å². The van der Waals surface area contributed by atoms with Crippen LogP contribution in [0.3, 0.4) is 0 Å². The van der Waals surface area contributed by atoms with E-state index in [-0.39, 0.29) is 71.2 Å². The van der Waals surface area contributed by atoms with E-state index in [0.29, 0.717) is 25.7 Å². The number of ether oxygens (including phenoxy) is 2. The molecule has 46 heavy (non-hydrogen) atoms. The minimum Gasteiger partial charge on any atom is -0.481 e. The Hall–Kier alpha value is -2.40. The van der Waals surface area contributed by atoms with Gasteiger partial charge in [-0.2, -0.15) is 0 Å². The number of hydrogen-bond acceptors (Lipinski definition) is 8. The van der Waals surface area contributed by atoms with Gasteiger partial charge in [0.15, 0.2) is 0 Å². The lowest BCUT2D eigenvalue weighted by Gasteiger charge is -2.63. The number of rotatable bonds is 10. The summed E-state index contributed by atoms with van der Waals surface area (Å²) in [6.07, 6.45) is 4.42. The van der Waals surface area contributed by atoms with Gasteiger partial charge in [-0.15, -0.1) is 0 Å². The lowest BCUT2D eigenvalue weighted by Crippen LogP contribution is -2.63. The third-order valence-electron chi connectivity index (χ3n) is 12.6. The van der Waals surface area contributed by atoms with Crippen molar-refractivity contribution in [3.63, 3.8) is 0 Å². The van der Waals surface area contributed by atoms with E-state index in [2.05, 4.69) is 31.4 Å². The van der Waals surface area contributed by atoms with Crippen molar-refractivity contribution in [1.29, 1.82) is 0 Å². The molecular formula is C35H58N2O9. The summed E-state index contributed by atoms with van der Waals surface area (Å²) < 4.78 is 10.2. The Morgan fingerprint density at radius 1 is 0.957 bits per heavy atom. The van der Waals surface area contributed by atoms with Crippen LogP contribution in [0.25, 0.3) is 0 Å². The second kappa shape index (κ2) is 14.0. The van der Waals surface area contributed by atoms with E-state index in [9.17, 15) is 34.5 Å². The van der Waals surface area contributed by atoms with Crippen molar-refractivity contribution in [2.75, 3.05) is 7.11 Å². The van der Waals surface area contributed by atoms with Gasteiger partial charge in [-0.25, -0.2) is 4.79 Å². The largest absolute Gasteiger partial charge is 0.481 e. The predicted molar refractivity (Wildman–Crippen MR) is 170 cm³/mol. The Bertz CT molecular complexity index is 1140. The number of aliphatic carboxylic acids is 1. The summed E-state index contributed by atoms with van der Waals surface area (Å²) in [6.45, 7) is 11.8. The first kappa shape index (κ1) is 36.4. The first-order valence-electron chi connectivity index (χ1n) is 17.3. The highest BCUT2D eigenvalue weighted by molar-refractivity contribution is 5.86. The van der Waals surface area contributed by atoms with Crippen molar-refractivity contribution < 1.29 is 44.0 Å². The number of alkyl carbamates (subject to hydrolysis) is 1. The summed E-state index contributed by atoms with van der Waals surface area (Å²) >= 11 is 0. The van der Waals surface area contributed by atoms with Crippen molar-refractivity contribution >= 4 is 23.9 Å². The molecule has 4 aliphatic rings. The first-order valence-corrected chi connectivity index (χ1v) is 17.3. The maximum absolute atomic E-state index is 13.4. The van der Waals surface area contributed by atoms with Gasteiger partial charge < -0.3 is 35.4 Å². The fourth-order valence-corrected chi connectivity index (χ4v) is 10.2. The van der Waals surface area contributed by atoms with Gasteiger partial charge in [-0.1, -0.05) is 20.8 Å². The molecule has 0 aromatic carbocycles. The van der Waals surface area contributed by atoms with Gasteiger partial charge >= 0.3 is 18.0 Å². The zero-order chi connectivity index (χ0) is 34.2. The topological polar surface area (TPSA) is 171 Å². The molecule has 4 fully saturated rings. The lowest BCUT2D eigenvalue weighted by molar-refractivity contribution is -0.202. The zero-order valence-corrected chi connectivity index (χ0v) is 28.8. The highest BCUT2D eigenvalue weighted by atomic mass is 16.6. The molecule has 5 N–H and O–H groups in total. The molecule has 0 unspecified atom stereocenters. The Kier molecular flexibility index (Phi) is 11.1. The SMILES string of the molecule is COC(=O)CC[C@@H](C)[C@H]1CC[C@H]2[C@@H]3[C@H](O)C[C@@H]4C[C@@H](NC(=O)[C@H](CCC(=O)O)NC(=O)OC(C)(C)C)CC[C@]4(C)[C@H]3C[C@H](O)[C@]12C. The number of aliphatic hydroxyl groups is 2. The molecule has 4 rings (SSSR count). The van der Waals surface area contributed by atoms with Crippen molar-refractivity contribution in [2.45, 2.75) is 142 Å². The standard InChI is InChI=1S/C35H58N2O9/c1-19(8-13-29(42)45-7)22-9-10-23-30-24(18-27(39)35(22,23)6)34(5)15-14-21(16-20(34)17-26(30)38)36-31(43)25(11-12-28(40)41)37-32(44)46-33(2,3)4/h19-27,30,38-39H,8-18H2,1-7H3,(H,36,43)(H,37,44)(H,40,41)/t19-,20+,21+,22-,23+,24+,25+,26-,27+,30+,34+,35-/m1/s1. The maximum atomic E-state index is 13.4. The normalized spacial score (nSPS) is 38.3. The van der Waals surface area contributed by atoms with E-state index in [1.165, 1.54) is 7.11 Å². The van der Waals surface area contributed by atoms with Crippen LogP contribution in [0.5, 0.6) is 0 Å². The lowest BCUT2D eigenvalue weighted by atomic mass is 9.43. The van der Waals surface area contributed by atoms with Crippen LogP contribution < -0.4 is 10.6 Å². The number of fused-ring (bicyclic) bond motifs is 5. The number of carboxylic acids is 1. The van der Waals surface area contributed by atoms with E-state index >= 15 is 0 Å². The average Bonchev–Trinajstić information content (AvgIpc) is 3.32. The van der Waals surface area contributed by atoms with Crippen LogP contribution in [0.2, 0.25) is 0 Å². The molecule has 2 amide bonds. The number of methoxy groups -OCH3 is 1. The smallest absolute Gasteiger partial charge is 0.408 e. The molecule has 0 aromatic rings. The third kappa shape index (κ3) is 7.50. The summed E-state index contributed by atoms with van der Waals surface area (Å²) in [7, 11) is 1.41. The summed E-state index contributed by atoms with van der Waals surface area (Å²) in [4.78, 5) is 48.9. The van der Waals surface area contributed by atoms with Crippen LogP contribution in [-0.2, 0) is 23.9 Å². The van der Waals surface area contributed by atoms with Crippen molar-refractivity contribution in [2.24, 2.45) is 46.3 Å². The fourth-order valence-electron chi connectivity index (χ4n) is 10.2. The Labute approximate surface area is 273 Å². The monoisotopic (exact) mass is 650 g/mol. The van der Waals surface area contributed by atoms with Crippen molar-refractivity contribution in [3.05, 3.63) is 0 Å². The number of aliphatic hydroxyl groups excluding tert-OH is 2. The van der Waals surface area contributed by atoms with Gasteiger partial charge in [0.2, 0.25) is 5.91 Å². The highest BCUT2D eigenvalue weighted by Crippen LogP contribution is 2.68. The number of carboxylic acid groups (broad SMARTS) is 1. The molecule has 0 spiro atoms. The average molecular weight is 651 g/mol. The van der Waals surface area contributed by atoms with Gasteiger partial charge in [-0.3, -0.25) is 14.4 Å². The molecule has 12 atom stereocenters. The summed E-state index contributed by atoms with van der Waals surface area (Å²) in [5.74, 6) is -0.575. The van der Waals surface area contributed by atoms with E-state index in [0.717, 1.165) is 32.1 Å². The van der Waals surface area contributed by atoms with Gasteiger partial charge in [0, 0.05) is 18.9 Å². The third-order valence-corrected chi connectivity index (χ3v) is 12.6. The molecule has 0 radical (unpaired) electrons. The summed E-state index contributed by atoms with van der Waals surface area (Å²) in [5, 5.41) is 38.5.